The number of aromatic nitrogens is 1. The largest absolute Gasteiger partial charge is 0.439 e. The van der Waals surface area contributed by atoms with E-state index in [0.717, 1.165) is 12.1 Å². The minimum absolute atomic E-state index is 0.283. The number of nitrogens with zero attached hydrogens (tertiary/aromatic N) is 1. The van der Waals surface area contributed by atoms with Crippen LogP contribution in [0.3, 0.4) is 0 Å². The number of pyridine rings is 1. The number of hydrogen-bond donors (Lipinski definition) is 1. The molecule has 0 fully saturated rings. The van der Waals surface area contributed by atoms with Crippen molar-refractivity contribution in [3.05, 3.63) is 54.0 Å². The highest BCUT2D eigenvalue weighted by molar-refractivity contribution is 5.28. The van der Waals surface area contributed by atoms with E-state index < -0.39 is 0 Å². The molecular formula is C13H13FN2O. The molecule has 0 atom stereocenters. The summed E-state index contributed by atoms with van der Waals surface area (Å²) in [6.07, 6.45) is 1.75. The van der Waals surface area contributed by atoms with Gasteiger partial charge in [-0.15, -0.1) is 0 Å². The lowest BCUT2D eigenvalue weighted by molar-refractivity contribution is 0.460. The summed E-state index contributed by atoms with van der Waals surface area (Å²) < 4.78 is 18.2. The Balaban J connectivity index is 2.05. The van der Waals surface area contributed by atoms with Crippen LogP contribution in [0, 0.1) is 5.82 Å². The first kappa shape index (κ1) is 11.5. The van der Waals surface area contributed by atoms with Gasteiger partial charge in [0.15, 0.2) is 0 Å². The molecule has 4 heteroatoms. The van der Waals surface area contributed by atoms with Gasteiger partial charge >= 0.3 is 0 Å². The van der Waals surface area contributed by atoms with Crippen molar-refractivity contribution in [1.29, 1.82) is 0 Å². The number of nitrogens with one attached hydrogen (secondary N) is 1. The van der Waals surface area contributed by atoms with Crippen LogP contribution in [0.1, 0.15) is 5.56 Å². The van der Waals surface area contributed by atoms with Gasteiger partial charge in [-0.05, 0) is 36.9 Å². The number of rotatable bonds is 4. The Hall–Kier alpha value is -1.94. The molecule has 1 heterocycles. The molecule has 0 spiro atoms. The van der Waals surface area contributed by atoms with Crippen LogP contribution in [0.4, 0.5) is 4.39 Å². The van der Waals surface area contributed by atoms with Gasteiger partial charge in [-0.2, -0.15) is 0 Å². The first-order valence-corrected chi connectivity index (χ1v) is 5.31. The van der Waals surface area contributed by atoms with Crippen LogP contribution in [-0.2, 0) is 6.54 Å². The van der Waals surface area contributed by atoms with Gasteiger partial charge in [0.2, 0.25) is 5.88 Å². The fourth-order valence-corrected chi connectivity index (χ4v) is 1.40. The predicted molar refractivity (Wildman–Crippen MR) is 63.5 cm³/mol. The van der Waals surface area contributed by atoms with Crippen molar-refractivity contribution in [3.63, 3.8) is 0 Å². The highest BCUT2D eigenvalue weighted by atomic mass is 19.1. The van der Waals surface area contributed by atoms with Crippen LogP contribution < -0.4 is 10.1 Å². The zero-order valence-corrected chi connectivity index (χ0v) is 9.48. The maximum absolute atomic E-state index is 12.7. The maximum atomic E-state index is 12.7. The molecule has 0 aliphatic rings. The smallest absolute Gasteiger partial charge is 0.219 e. The maximum Gasteiger partial charge on any atom is 0.219 e. The van der Waals surface area contributed by atoms with Gasteiger partial charge in [-0.1, -0.05) is 6.07 Å². The van der Waals surface area contributed by atoms with Gasteiger partial charge < -0.3 is 10.1 Å². The van der Waals surface area contributed by atoms with Crippen LogP contribution in [0.25, 0.3) is 0 Å². The average molecular weight is 232 g/mol. The lowest BCUT2D eigenvalue weighted by atomic mass is 10.3. The Morgan fingerprint density at radius 3 is 2.53 bits per heavy atom. The average Bonchev–Trinajstić information content (AvgIpc) is 2.35. The van der Waals surface area contributed by atoms with E-state index in [0.29, 0.717) is 11.6 Å². The molecule has 0 aliphatic heterocycles. The number of ether oxygens (including phenoxy) is 1. The first-order chi connectivity index (χ1) is 8.28. The number of hydrogen-bond acceptors (Lipinski definition) is 3. The lowest BCUT2D eigenvalue weighted by Gasteiger charge is -2.05. The molecule has 2 rings (SSSR count). The van der Waals surface area contributed by atoms with E-state index in [1.165, 1.54) is 12.1 Å². The van der Waals surface area contributed by atoms with Gasteiger partial charge in [-0.25, -0.2) is 9.37 Å². The molecule has 0 bridgehead atoms. The van der Waals surface area contributed by atoms with Gasteiger partial charge in [0, 0.05) is 18.8 Å². The van der Waals surface area contributed by atoms with Crippen molar-refractivity contribution in [2.75, 3.05) is 7.05 Å². The van der Waals surface area contributed by atoms with Gasteiger partial charge in [0.1, 0.15) is 11.6 Å². The third kappa shape index (κ3) is 3.26. The molecule has 3 nitrogen and oxygen atoms in total. The molecule has 0 amide bonds. The first-order valence-electron chi connectivity index (χ1n) is 5.31. The molecule has 88 valence electrons. The standard InChI is InChI=1S/C13H13FN2O/c1-15-8-10-2-7-13(16-9-10)17-12-5-3-11(14)4-6-12/h2-7,9,15H,8H2,1H3. The van der Waals surface area contributed by atoms with Crippen LogP contribution in [0.2, 0.25) is 0 Å². The lowest BCUT2D eigenvalue weighted by Crippen LogP contribution is -2.05. The molecule has 0 radical (unpaired) electrons. The van der Waals surface area contributed by atoms with Crippen LogP contribution >= 0.6 is 0 Å². The normalized spacial score (nSPS) is 10.2. The highest BCUT2D eigenvalue weighted by Crippen LogP contribution is 2.19. The van der Waals surface area contributed by atoms with Crippen molar-refractivity contribution in [3.8, 4) is 11.6 Å². The highest BCUT2D eigenvalue weighted by Gasteiger charge is 1.99. The quantitative estimate of drug-likeness (QED) is 0.880. The third-order valence-corrected chi connectivity index (χ3v) is 2.21. The summed E-state index contributed by atoms with van der Waals surface area (Å²) in [6.45, 7) is 0.768. The van der Waals surface area contributed by atoms with Gasteiger partial charge in [0.05, 0.1) is 0 Å². The van der Waals surface area contributed by atoms with Crippen molar-refractivity contribution >= 4 is 0 Å². The second-order valence-corrected chi connectivity index (χ2v) is 3.59. The molecule has 1 aromatic heterocycles. The van der Waals surface area contributed by atoms with Gasteiger partial charge in [-0.3, -0.25) is 0 Å². The molecule has 0 aliphatic carbocycles. The summed E-state index contributed by atoms with van der Waals surface area (Å²) in [5.74, 6) is 0.784. The summed E-state index contributed by atoms with van der Waals surface area (Å²) in [5, 5.41) is 3.04. The Kier molecular flexibility index (Phi) is 3.67. The molecule has 0 saturated heterocycles. The molecule has 1 N–H and O–H groups in total. The monoisotopic (exact) mass is 232 g/mol. The summed E-state index contributed by atoms with van der Waals surface area (Å²) in [4.78, 5) is 4.16. The van der Waals surface area contributed by atoms with E-state index in [2.05, 4.69) is 10.3 Å². The second-order valence-electron chi connectivity index (χ2n) is 3.59. The fourth-order valence-electron chi connectivity index (χ4n) is 1.40. The number of benzene rings is 1. The molecule has 2 aromatic rings. The van der Waals surface area contributed by atoms with Crippen LogP contribution in [0.15, 0.2) is 42.6 Å². The molecular weight excluding hydrogens is 219 g/mol. The Bertz CT molecular complexity index is 468. The van der Waals surface area contributed by atoms with E-state index in [4.69, 9.17) is 4.74 Å². The zero-order chi connectivity index (χ0) is 12.1. The molecule has 17 heavy (non-hydrogen) atoms. The van der Waals surface area contributed by atoms with Crippen LogP contribution in [-0.4, -0.2) is 12.0 Å². The van der Waals surface area contributed by atoms with Crippen molar-refractivity contribution in [1.82, 2.24) is 10.3 Å². The minimum Gasteiger partial charge on any atom is -0.439 e. The summed E-state index contributed by atoms with van der Waals surface area (Å²) >= 11 is 0. The third-order valence-electron chi connectivity index (χ3n) is 2.21. The van der Waals surface area contributed by atoms with Crippen molar-refractivity contribution in [2.24, 2.45) is 0 Å². The topological polar surface area (TPSA) is 34.1 Å². The number of halogens is 1. The minimum atomic E-state index is -0.283. The van der Waals surface area contributed by atoms with Crippen molar-refractivity contribution in [2.45, 2.75) is 6.54 Å². The molecule has 1 aromatic carbocycles. The zero-order valence-electron chi connectivity index (χ0n) is 9.48. The van der Waals surface area contributed by atoms with Crippen molar-refractivity contribution < 1.29 is 9.13 Å². The summed E-state index contributed by atoms with van der Waals surface area (Å²) in [6, 6.07) is 9.56. The molecule has 0 saturated carbocycles. The molecule has 0 unspecified atom stereocenters. The summed E-state index contributed by atoms with van der Waals surface area (Å²) in [5.41, 5.74) is 1.08. The Morgan fingerprint density at radius 1 is 1.18 bits per heavy atom. The van der Waals surface area contributed by atoms with E-state index in [1.54, 1.807) is 24.4 Å². The summed E-state index contributed by atoms with van der Waals surface area (Å²) in [7, 11) is 1.88. The Labute approximate surface area is 99.3 Å². The fraction of sp³-hybridized carbons (Fsp3) is 0.154. The predicted octanol–water partition coefficient (Wildman–Crippen LogP) is 2.73. The van der Waals surface area contributed by atoms with E-state index >= 15 is 0 Å². The van der Waals surface area contributed by atoms with E-state index in [-0.39, 0.29) is 5.82 Å². The van der Waals surface area contributed by atoms with Crippen LogP contribution in [0.5, 0.6) is 11.6 Å². The van der Waals surface area contributed by atoms with Gasteiger partial charge in [0.25, 0.3) is 0 Å². The van der Waals surface area contributed by atoms with E-state index in [1.807, 2.05) is 13.1 Å². The SMILES string of the molecule is CNCc1ccc(Oc2ccc(F)cc2)nc1. The van der Waals surface area contributed by atoms with E-state index in [9.17, 15) is 4.39 Å². The second kappa shape index (κ2) is 5.41. The Morgan fingerprint density at radius 2 is 1.94 bits per heavy atom.